The fourth-order valence-corrected chi connectivity index (χ4v) is 2.28. The van der Waals surface area contributed by atoms with Crippen molar-refractivity contribution in [2.45, 2.75) is 31.7 Å². The van der Waals surface area contributed by atoms with Crippen LogP contribution in [0.2, 0.25) is 0 Å². The van der Waals surface area contributed by atoms with Crippen molar-refractivity contribution in [2.75, 3.05) is 19.6 Å². The Morgan fingerprint density at radius 3 is 2.82 bits per heavy atom. The van der Waals surface area contributed by atoms with E-state index in [1.807, 2.05) is 0 Å². The first-order chi connectivity index (χ1) is 7.85. The van der Waals surface area contributed by atoms with Crippen LogP contribution in [0.1, 0.15) is 36.9 Å². The van der Waals surface area contributed by atoms with Crippen LogP contribution in [0, 0.1) is 5.92 Å². The van der Waals surface area contributed by atoms with Crippen LogP contribution >= 0.6 is 12.4 Å². The van der Waals surface area contributed by atoms with Gasteiger partial charge in [-0.25, -0.2) is 0 Å². The molecule has 0 amide bonds. The second kappa shape index (κ2) is 5.33. The normalized spacial score (nSPS) is 24.9. The zero-order valence-electron chi connectivity index (χ0n) is 9.84. The quantitative estimate of drug-likeness (QED) is 0.878. The third-order valence-electron chi connectivity index (χ3n) is 3.48. The number of hydrogen-bond donors (Lipinski definition) is 1. The van der Waals surface area contributed by atoms with Gasteiger partial charge in [0, 0.05) is 12.5 Å². The van der Waals surface area contributed by atoms with E-state index in [-0.39, 0.29) is 12.4 Å². The summed E-state index contributed by atoms with van der Waals surface area (Å²) in [6.07, 6.45) is 3.62. The van der Waals surface area contributed by atoms with Crippen molar-refractivity contribution in [2.24, 2.45) is 11.7 Å². The van der Waals surface area contributed by atoms with Crippen LogP contribution < -0.4 is 5.73 Å². The van der Waals surface area contributed by atoms with E-state index in [0.29, 0.717) is 11.8 Å². The Bertz CT molecular complexity index is 366. The van der Waals surface area contributed by atoms with E-state index in [4.69, 9.17) is 10.3 Å². The van der Waals surface area contributed by atoms with E-state index in [9.17, 15) is 0 Å². The maximum absolute atomic E-state index is 5.67. The van der Waals surface area contributed by atoms with Crippen molar-refractivity contribution in [3.8, 4) is 0 Å². The molecule has 1 atom stereocenters. The van der Waals surface area contributed by atoms with E-state index >= 15 is 0 Å². The van der Waals surface area contributed by atoms with Crippen molar-refractivity contribution >= 4 is 12.4 Å². The highest BCUT2D eigenvalue weighted by Gasteiger charge is 2.30. The average molecular weight is 259 g/mol. The lowest BCUT2D eigenvalue weighted by molar-refractivity contribution is 0.299. The van der Waals surface area contributed by atoms with E-state index < -0.39 is 0 Å². The maximum atomic E-state index is 5.67. The summed E-state index contributed by atoms with van der Waals surface area (Å²) >= 11 is 0. The predicted molar refractivity (Wildman–Crippen MR) is 66.0 cm³/mol. The molecule has 2 N–H and O–H groups in total. The molecule has 2 aliphatic rings. The number of nitrogens with two attached hydrogens (primary N) is 1. The van der Waals surface area contributed by atoms with Gasteiger partial charge in [-0.1, -0.05) is 5.16 Å². The predicted octanol–water partition coefficient (Wildman–Crippen LogP) is 1.15. The minimum absolute atomic E-state index is 0. The van der Waals surface area contributed by atoms with E-state index in [1.165, 1.54) is 19.3 Å². The molecule has 0 spiro atoms. The molecule has 6 heteroatoms. The number of likely N-dealkylation sites (tertiary alicyclic amines) is 1. The van der Waals surface area contributed by atoms with E-state index in [0.717, 1.165) is 37.9 Å². The summed E-state index contributed by atoms with van der Waals surface area (Å²) in [4.78, 5) is 6.80. The molecular weight excluding hydrogens is 240 g/mol. The molecule has 1 unspecified atom stereocenters. The van der Waals surface area contributed by atoms with Crippen molar-refractivity contribution in [3.63, 3.8) is 0 Å². The molecule has 1 aromatic rings. The molecule has 0 aromatic carbocycles. The number of halogens is 1. The fourth-order valence-electron chi connectivity index (χ4n) is 2.28. The Morgan fingerprint density at radius 1 is 1.35 bits per heavy atom. The van der Waals surface area contributed by atoms with Gasteiger partial charge in [0.15, 0.2) is 5.82 Å². The zero-order chi connectivity index (χ0) is 11.0. The van der Waals surface area contributed by atoms with Gasteiger partial charge in [-0.15, -0.1) is 12.4 Å². The third-order valence-corrected chi connectivity index (χ3v) is 3.48. The van der Waals surface area contributed by atoms with Gasteiger partial charge in [-0.3, -0.25) is 4.90 Å². The Labute approximate surface area is 107 Å². The summed E-state index contributed by atoms with van der Waals surface area (Å²) in [6.45, 7) is 3.78. The van der Waals surface area contributed by atoms with Crippen LogP contribution in [0.25, 0.3) is 0 Å². The van der Waals surface area contributed by atoms with Crippen molar-refractivity contribution in [1.82, 2.24) is 15.0 Å². The van der Waals surface area contributed by atoms with Crippen LogP contribution in [-0.4, -0.2) is 34.7 Å². The first-order valence-corrected chi connectivity index (χ1v) is 6.10. The maximum Gasteiger partial charge on any atom is 0.229 e. The summed E-state index contributed by atoms with van der Waals surface area (Å²) in [5.74, 6) is 2.87. The molecule has 1 saturated carbocycles. The van der Waals surface area contributed by atoms with Crippen LogP contribution in [0.15, 0.2) is 4.52 Å². The molecule has 0 bridgehead atoms. The second-order valence-electron chi connectivity index (χ2n) is 4.95. The minimum atomic E-state index is 0. The number of rotatable bonds is 4. The number of hydrogen-bond acceptors (Lipinski definition) is 5. The molecule has 2 heterocycles. The monoisotopic (exact) mass is 258 g/mol. The molecule has 1 aliphatic heterocycles. The first kappa shape index (κ1) is 12.8. The van der Waals surface area contributed by atoms with Gasteiger partial charge >= 0.3 is 0 Å². The summed E-state index contributed by atoms with van der Waals surface area (Å²) < 4.78 is 5.24. The average Bonchev–Trinajstić information content (AvgIpc) is 2.88. The standard InChI is InChI=1S/C11H18N4O.ClH/c12-5-8-3-4-15(6-8)7-10-13-11(16-14-10)9-1-2-9;/h8-9H,1-7,12H2;1H. The molecule has 3 rings (SSSR count). The number of nitrogens with zero attached hydrogens (tertiary/aromatic N) is 3. The lowest BCUT2D eigenvalue weighted by Crippen LogP contribution is -2.23. The summed E-state index contributed by atoms with van der Waals surface area (Å²) in [7, 11) is 0. The number of aromatic nitrogens is 2. The molecule has 96 valence electrons. The molecule has 2 fully saturated rings. The lowest BCUT2D eigenvalue weighted by atomic mass is 10.1. The fraction of sp³-hybridized carbons (Fsp3) is 0.818. The van der Waals surface area contributed by atoms with Crippen molar-refractivity contribution < 1.29 is 4.52 Å². The second-order valence-corrected chi connectivity index (χ2v) is 4.95. The zero-order valence-corrected chi connectivity index (χ0v) is 10.7. The highest BCUT2D eigenvalue weighted by Crippen LogP contribution is 2.38. The van der Waals surface area contributed by atoms with Gasteiger partial charge in [0.2, 0.25) is 5.89 Å². The minimum Gasteiger partial charge on any atom is -0.339 e. The SMILES string of the molecule is Cl.NCC1CCN(Cc2noc(C3CC3)n2)C1. The van der Waals surface area contributed by atoms with Gasteiger partial charge in [-0.2, -0.15) is 4.98 Å². The topological polar surface area (TPSA) is 68.2 Å². The van der Waals surface area contributed by atoms with E-state index in [2.05, 4.69) is 15.0 Å². The van der Waals surface area contributed by atoms with Crippen molar-refractivity contribution in [1.29, 1.82) is 0 Å². The van der Waals surface area contributed by atoms with Crippen LogP contribution in [0.3, 0.4) is 0 Å². The Balaban J connectivity index is 0.00000108. The smallest absolute Gasteiger partial charge is 0.229 e. The lowest BCUT2D eigenvalue weighted by Gasteiger charge is -2.12. The molecular formula is C11H19ClN4O. The van der Waals surface area contributed by atoms with Crippen LogP contribution in [0.4, 0.5) is 0 Å². The molecule has 5 nitrogen and oxygen atoms in total. The molecule has 1 aromatic heterocycles. The molecule has 17 heavy (non-hydrogen) atoms. The Kier molecular flexibility index (Phi) is 4.01. The Hall–Kier alpha value is -0.650. The van der Waals surface area contributed by atoms with Crippen molar-refractivity contribution in [3.05, 3.63) is 11.7 Å². The van der Waals surface area contributed by atoms with Gasteiger partial charge in [0.1, 0.15) is 0 Å². The van der Waals surface area contributed by atoms with Crippen LogP contribution in [-0.2, 0) is 6.54 Å². The summed E-state index contributed by atoms with van der Waals surface area (Å²) in [5, 5.41) is 4.03. The highest BCUT2D eigenvalue weighted by molar-refractivity contribution is 5.85. The highest BCUT2D eigenvalue weighted by atomic mass is 35.5. The van der Waals surface area contributed by atoms with E-state index in [1.54, 1.807) is 0 Å². The molecule has 0 radical (unpaired) electrons. The summed E-state index contributed by atoms with van der Waals surface area (Å²) in [6, 6.07) is 0. The van der Waals surface area contributed by atoms with Gasteiger partial charge in [0.25, 0.3) is 0 Å². The van der Waals surface area contributed by atoms with Gasteiger partial charge in [-0.05, 0) is 38.3 Å². The molecule has 1 saturated heterocycles. The molecule has 1 aliphatic carbocycles. The van der Waals surface area contributed by atoms with Gasteiger partial charge in [0.05, 0.1) is 6.54 Å². The summed E-state index contributed by atoms with van der Waals surface area (Å²) in [5.41, 5.74) is 5.67. The Morgan fingerprint density at radius 2 is 2.18 bits per heavy atom. The largest absolute Gasteiger partial charge is 0.339 e. The van der Waals surface area contributed by atoms with Crippen LogP contribution in [0.5, 0.6) is 0 Å². The van der Waals surface area contributed by atoms with Gasteiger partial charge < -0.3 is 10.3 Å². The first-order valence-electron chi connectivity index (χ1n) is 6.10. The third kappa shape index (κ3) is 2.97.